The lowest BCUT2D eigenvalue weighted by Gasteiger charge is -2.19. The van der Waals surface area contributed by atoms with Crippen LogP contribution in [0.3, 0.4) is 0 Å². The van der Waals surface area contributed by atoms with Crippen LogP contribution >= 0.6 is 0 Å². The molecule has 3 aromatic rings. The summed E-state index contributed by atoms with van der Waals surface area (Å²) >= 11 is 0. The molecule has 0 unspecified atom stereocenters. The molecule has 0 bridgehead atoms. The predicted octanol–water partition coefficient (Wildman–Crippen LogP) is 4.95. The Morgan fingerprint density at radius 2 is 1.72 bits per heavy atom. The molecule has 1 amide bonds. The van der Waals surface area contributed by atoms with Gasteiger partial charge in [-0.05, 0) is 42.2 Å². The average molecular weight is 385 g/mol. The molecule has 29 heavy (non-hydrogen) atoms. The SMILES string of the molecule is Cc1nc(Nc2ccccc2C#N)cc(C(=O)Nc2ccc(C(C)(C)C)cc2)n1. The minimum atomic E-state index is -0.323. The largest absolute Gasteiger partial charge is 0.339 e. The first-order chi connectivity index (χ1) is 13.8. The molecule has 1 aromatic heterocycles. The fourth-order valence-corrected chi connectivity index (χ4v) is 2.82. The number of carbonyl (C=O) groups is 1. The van der Waals surface area contributed by atoms with E-state index < -0.39 is 0 Å². The number of aryl methyl sites for hydroxylation is 1. The number of aromatic nitrogens is 2. The zero-order chi connectivity index (χ0) is 21.0. The molecule has 0 aliphatic carbocycles. The van der Waals surface area contributed by atoms with Gasteiger partial charge in [-0.1, -0.05) is 45.0 Å². The fraction of sp³-hybridized carbons (Fsp3) is 0.217. The summed E-state index contributed by atoms with van der Waals surface area (Å²) in [5.41, 5.74) is 3.30. The average Bonchev–Trinajstić information content (AvgIpc) is 2.67. The van der Waals surface area contributed by atoms with Crippen LogP contribution in [0.2, 0.25) is 0 Å². The van der Waals surface area contributed by atoms with Gasteiger partial charge in [0.05, 0.1) is 11.3 Å². The van der Waals surface area contributed by atoms with Gasteiger partial charge in [0, 0.05) is 11.8 Å². The summed E-state index contributed by atoms with van der Waals surface area (Å²) in [4.78, 5) is 21.3. The number of benzene rings is 2. The monoisotopic (exact) mass is 385 g/mol. The minimum absolute atomic E-state index is 0.0482. The van der Waals surface area contributed by atoms with E-state index in [0.717, 1.165) is 0 Å². The molecular formula is C23H23N5O. The second-order valence-corrected chi connectivity index (χ2v) is 7.75. The van der Waals surface area contributed by atoms with Crippen molar-refractivity contribution in [1.82, 2.24) is 9.97 Å². The number of nitriles is 1. The van der Waals surface area contributed by atoms with Crippen LogP contribution in [0.25, 0.3) is 0 Å². The first-order valence-corrected chi connectivity index (χ1v) is 9.30. The number of hydrogen-bond donors (Lipinski definition) is 2. The number of amides is 1. The van der Waals surface area contributed by atoms with Gasteiger partial charge in [-0.25, -0.2) is 9.97 Å². The Bertz CT molecular complexity index is 1080. The van der Waals surface area contributed by atoms with E-state index in [-0.39, 0.29) is 17.0 Å². The normalized spacial score (nSPS) is 10.9. The highest BCUT2D eigenvalue weighted by Crippen LogP contribution is 2.24. The van der Waals surface area contributed by atoms with E-state index in [1.54, 1.807) is 31.2 Å². The van der Waals surface area contributed by atoms with E-state index in [4.69, 9.17) is 0 Å². The highest BCUT2D eigenvalue weighted by molar-refractivity contribution is 6.03. The Labute approximate surface area is 170 Å². The maximum atomic E-state index is 12.7. The maximum absolute atomic E-state index is 12.7. The summed E-state index contributed by atoms with van der Waals surface area (Å²) in [5.74, 6) is 0.585. The third-order valence-corrected chi connectivity index (χ3v) is 4.39. The maximum Gasteiger partial charge on any atom is 0.274 e. The van der Waals surface area contributed by atoms with E-state index in [2.05, 4.69) is 47.4 Å². The van der Waals surface area contributed by atoms with Crippen LogP contribution in [0.5, 0.6) is 0 Å². The molecule has 0 saturated carbocycles. The lowest BCUT2D eigenvalue weighted by atomic mass is 9.87. The number of rotatable bonds is 4. The quantitative estimate of drug-likeness (QED) is 0.663. The van der Waals surface area contributed by atoms with Crippen molar-refractivity contribution in [3.05, 3.63) is 77.2 Å². The number of hydrogen-bond acceptors (Lipinski definition) is 5. The molecule has 146 valence electrons. The van der Waals surface area contributed by atoms with Gasteiger partial charge in [-0.15, -0.1) is 0 Å². The fourth-order valence-electron chi connectivity index (χ4n) is 2.82. The second-order valence-electron chi connectivity index (χ2n) is 7.75. The molecule has 2 N–H and O–H groups in total. The molecule has 3 rings (SSSR count). The Kier molecular flexibility index (Phi) is 5.60. The molecule has 0 aliphatic rings. The molecule has 0 atom stereocenters. The predicted molar refractivity (Wildman–Crippen MR) is 114 cm³/mol. The van der Waals surface area contributed by atoms with Crippen molar-refractivity contribution >= 4 is 23.1 Å². The van der Waals surface area contributed by atoms with Crippen molar-refractivity contribution < 1.29 is 4.79 Å². The number of anilines is 3. The zero-order valence-electron chi connectivity index (χ0n) is 16.9. The van der Waals surface area contributed by atoms with Crippen LogP contribution in [0, 0.1) is 18.3 Å². The number of para-hydroxylation sites is 1. The topological polar surface area (TPSA) is 90.7 Å². The van der Waals surface area contributed by atoms with Crippen LogP contribution in [-0.4, -0.2) is 15.9 Å². The van der Waals surface area contributed by atoms with Crippen molar-refractivity contribution in [2.75, 3.05) is 10.6 Å². The van der Waals surface area contributed by atoms with Crippen LogP contribution < -0.4 is 10.6 Å². The molecular weight excluding hydrogens is 362 g/mol. The van der Waals surface area contributed by atoms with Crippen molar-refractivity contribution in [3.8, 4) is 6.07 Å². The summed E-state index contributed by atoms with van der Waals surface area (Å²) in [6, 6.07) is 18.6. The van der Waals surface area contributed by atoms with Crippen molar-refractivity contribution in [1.29, 1.82) is 5.26 Å². The lowest BCUT2D eigenvalue weighted by Crippen LogP contribution is -2.16. The van der Waals surface area contributed by atoms with E-state index in [1.165, 1.54) is 5.56 Å². The number of nitrogens with zero attached hydrogens (tertiary/aromatic N) is 3. The summed E-state index contributed by atoms with van der Waals surface area (Å²) in [6.07, 6.45) is 0. The van der Waals surface area contributed by atoms with Crippen LogP contribution in [0.15, 0.2) is 54.6 Å². The smallest absolute Gasteiger partial charge is 0.274 e. The Hall–Kier alpha value is -3.72. The molecule has 0 fully saturated rings. The Morgan fingerprint density at radius 3 is 2.38 bits per heavy atom. The first-order valence-electron chi connectivity index (χ1n) is 9.30. The molecule has 0 radical (unpaired) electrons. The van der Waals surface area contributed by atoms with E-state index >= 15 is 0 Å². The van der Waals surface area contributed by atoms with Crippen molar-refractivity contribution in [2.45, 2.75) is 33.1 Å². The Balaban J connectivity index is 1.80. The van der Waals surface area contributed by atoms with E-state index in [0.29, 0.717) is 28.6 Å². The molecule has 6 nitrogen and oxygen atoms in total. The summed E-state index contributed by atoms with van der Waals surface area (Å²) in [5, 5.41) is 15.2. The van der Waals surface area contributed by atoms with Gasteiger partial charge >= 0.3 is 0 Å². The van der Waals surface area contributed by atoms with Gasteiger partial charge in [-0.2, -0.15) is 5.26 Å². The van der Waals surface area contributed by atoms with Gasteiger partial charge in [0.25, 0.3) is 5.91 Å². The molecule has 1 heterocycles. The van der Waals surface area contributed by atoms with Crippen LogP contribution in [0.4, 0.5) is 17.2 Å². The summed E-state index contributed by atoms with van der Waals surface area (Å²) in [6.45, 7) is 8.14. The highest BCUT2D eigenvalue weighted by atomic mass is 16.1. The molecule has 0 saturated heterocycles. The molecule has 0 aliphatic heterocycles. The van der Waals surface area contributed by atoms with Crippen LogP contribution in [-0.2, 0) is 5.41 Å². The van der Waals surface area contributed by atoms with Gasteiger partial charge in [0.1, 0.15) is 23.4 Å². The van der Waals surface area contributed by atoms with Gasteiger partial charge in [-0.3, -0.25) is 4.79 Å². The molecule has 2 aromatic carbocycles. The highest BCUT2D eigenvalue weighted by Gasteiger charge is 2.15. The molecule has 6 heteroatoms. The summed E-state index contributed by atoms with van der Waals surface area (Å²) in [7, 11) is 0. The van der Waals surface area contributed by atoms with Gasteiger partial charge in [0.2, 0.25) is 0 Å². The van der Waals surface area contributed by atoms with Crippen LogP contribution in [0.1, 0.15) is 48.2 Å². The third-order valence-electron chi connectivity index (χ3n) is 4.39. The lowest BCUT2D eigenvalue weighted by molar-refractivity contribution is 0.102. The zero-order valence-corrected chi connectivity index (χ0v) is 16.9. The number of nitrogens with one attached hydrogen (secondary N) is 2. The van der Waals surface area contributed by atoms with Gasteiger partial charge in [0.15, 0.2) is 0 Å². The summed E-state index contributed by atoms with van der Waals surface area (Å²) < 4.78 is 0. The van der Waals surface area contributed by atoms with E-state index in [1.807, 2.05) is 30.3 Å². The number of carbonyl (C=O) groups excluding carboxylic acids is 1. The third kappa shape index (κ3) is 4.96. The standard InChI is InChI=1S/C23H23N5O/c1-15-25-20(13-21(26-15)28-19-8-6-5-7-16(19)14-24)22(29)27-18-11-9-17(10-12-18)23(2,3)4/h5-13H,1-4H3,(H,27,29)(H,25,26,28). The van der Waals surface area contributed by atoms with E-state index in [9.17, 15) is 10.1 Å². The second kappa shape index (κ2) is 8.11. The van der Waals surface area contributed by atoms with Gasteiger partial charge < -0.3 is 10.6 Å². The van der Waals surface area contributed by atoms with Crippen molar-refractivity contribution in [3.63, 3.8) is 0 Å². The first kappa shape index (κ1) is 20.0. The van der Waals surface area contributed by atoms with Crippen molar-refractivity contribution in [2.24, 2.45) is 0 Å². The Morgan fingerprint density at radius 1 is 1.03 bits per heavy atom. The minimum Gasteiger partial charge on any atom is -0.339 e. The molecule has 0 spiro atoms.